The van der Waals surface area contributed by atoms with Gasteiger partial charge in [-0.3, -0.25) is 4.98 Å². The number of hydrazine groups is 1. The Labute approximate surface area is 111 Å². The van der Waals surface area contributed by atoms with Gasteiger partial charge in [0, 0.05) is 13.1 Å². The topological polar surface area (TPSA) is 87.3 Å². The highest BCUT2D eigenvalue weighted by atomic mass is 16.3. The normalized spacial score (nSPS) is 10.2. The van der Waals surface area contributed by atoms with Crippen molar-refractivity contribution in [2.24, 2.45) is 5.84 Å². The Morgan fingerprint density at radius 3 is 2.68 bits per heavy atom. The van der Waals surface area contributed by atoms with E-state index in [-0.39, 0.29) is 6.61 Å². The molecule has 19 heavy (non-hydrogen) atoms. The van der Waals surface area contributed by atoms with Crippen LogP contribution in [-0.4, -0.2) is 28.2 Å². The molecule has 0 aliphatic rings. The first kappa shape index (κ1) is 13.3. The lowest BCUT2D eigenvalue weighted by molar-refractivity contribution is 0.301. The second-order valence-corrected chi connectivity index (χ2v) is 4.04. The third-order valence-corrected chi connectivity index (χ3v) is 2.68. The summed E-state index contributed by atoms with van der Waals surface area (Å²) in [5, 5.41) is 9.17. The molecule has 1 aromatic heterocycles. The van der Waals surface area contributed by atoms with E-state index in [4.69, 9.17) is 5.84 Å². The van der Waals surface area contributed by atoms with Gasteiger partial charge in [0.05, 0.1) is 19.0 Å². The van der Waals surface area contributed by atoms with Crippen molar-refractivity contribution in [1.29, 1.82) is 0 Å². The van der Waals surface area contributed by atoms with E-state index in [0.29, 0.717) is 24.7 Å². The summed E-state index contributed by atoms with van der Waals surface area (Å²) in [7, 11) is 0. The SMILES string of the molecule is NNc1cncc(N(CCO)Cc2ccccc2)n1. The van der Waals surface area contributed by atoms with E-state index < -0.39 is 0 Å². The second kappa shape index (κ2) is 6.67. The summed E-state index contributed by atoms with van der Waals surface area (Å²) in [6.45, 7) is 1.19. The van der Waals surface area contributed by atoms with Gasteiger partial charge in [-0.15, -0.1) is 0 Å². The van der Waals surface area contributed by atoms with Crippen molar-refractivity contribution in [3.05, 3.63) is 48.3 Å². The average Bonchev–Trinajstić information content (AvgIpc) is 2.48. The maximum Gasteiger partial charge on any atom is 0.160 e. The minimum Gasteiger partial charge on any atom is -0.395 e. The van der Waals surface area contributed by atoms with Crippen molar-refractivity contribution >= 4 is 11.6 Å². The van der Waals surface area contributed by atoms with E-state index in [1.54, 1.807) is 12.4 Å². The molecule has 2 rings (SSSR count). The number of aliphatic hydroxyl groups is 1. The lowest BCUT2D eigenvalue weighted by Gasteiger charge is -2.22. The van der Waals surface area contributed by atoms with Crippen molar-refractivity contribution in [1.82, 2.24) is 9.97 Å². The Bertz CT molecular complexity index is 505. The highest BCUT2D eigenvalue weighted by Gasteiger charge is 2.09. The first-order valence-electron chi connectivity index (χ1n) is 6.02. The van der Waals surface area contributed by atoms with Crippen LogP contribution in [0.2, 0.25) is 0 Å². The van der Waals surface area contributed by atoms with E-state index in [9.17, 15) is 5.11 Å². The molecule has 1 heterocycles. The predicted molar refractivity (Wildman–Crippen MR) is 74.4 cm³/mol. The molecule has 0 radical (unpaired) electrons. The molecule has 6 nitrogen and oxygen atoms in total. The molecule has 0 fully saturated rings. The zero-order valence-corrected chi connectivity index (χ0v) is 10.5. The van der Waals surface area contributed by atoms with Gasteiger partial charge in [0.2, 0.25) is 0 Å². The molecule has 0 saturated heterocycles. The standard InChI is InChI=1S/C13H17N5O/c14-17-12-8-15-9-13(16-12)18(6-7-19)10-11-4-2-1-3-5-11/h1-5,8-9,19H,6-7,10,14H2,(H,16,17). The molecule has 0 aliphatic heterocycles. The fourth-order valence-corrected chi connectivity index (χ4v) is 1.78. The van der Waals surface area contributed by atoms with Gasteiger partial charge in [-0.1, -0.05) is 30.3 Å². The van der Waals surface area contributed by atoms with Crippen LogP contribution in [-0.2, 0) is 6.54 Å². The van der Waals surface area contributed by atoms with Crippen LogP contribution in [0.3, 0.4) is 0 Å². The van der Waals surface area contributed by atoms with Crippen molar-refractivity contribution < 1.29 is 5.11 Å². The molecular weight excluding hydrogens is 242 g/mol. The first-order valence-corrected chi connectivity index (χ1v) is 6.02. The van der Waals surface area contributed by atoms with Crippen LogP contribution in [0.5, 0.6) is 0 Å². The Kier molecular flexibility index (Phi) is 4.66. The van der Waals surface area contributed by atoms with E-state index >= 15 is 0 Å². The molecule has 0 saturated carbocycles. The highest BCUT2D eigenvalue weighted by molar-refractivity contribution is 5.43. The van der Waals surface area contributed by atoms with Crippen LogP contribution >= 0.6 is 0 Å². The van der Waals surface area contributed by atoms with Crippen LogP contribution in [0.15, 0.2) is 42.7 Å². The number of benzene rings is 1. The summed E-state index contributed by atoms with van der Waals surface area (Å²) in [4.78, 5) is 10.3. The van der Waals surface area contributed by atoms with Gasteiger partial charge in [-0.2, -0.15) is 0 Å². The number of nitrogens with one attached hydrogen (secondary N) is 1. The molecule has 0 bridgehead atoms. The molecule has 1 aromatic carbocycles. The Balaban J connectivity index is 2.19. The number of hydrogen-bond donors (Lipinski definition) is 3. The number of nitrogens with two attached hydrogens (primary N) is 1. The fraction of sp³-hybridized carbons (Fsp3) is 0.231. The lowest BCUT2D eigenvalue weighted by Crippen LogP contribution is -2.27. The number of aromatic nitrogens is 2. The molecule has 0 atom stereocenters. The lowest BCUT2D eigenvalue weighted by atomic mass is 10.2. The Morgan fingerprint density at radius 2 is 2.00 bits per heavy atom. The van der Waals surface area contributed by atoms with Crippen LogP contribution < -0.4 is 16.2 Å². The van der Waals surface area contributed by atoms with E-state index in [1.165, 1.54) is 0 Å². The monoisotopic (exact) mass is 259 g/mol. The van der Waals surface area contributed by atoms with Gasteiger partial charge in [0.15, 0.2) is 5.82 Å². The van der Waals surface area contributed by atoms with Gasteiger partial charge in [-0.05, 0) is 5.56 Å². The minimum absolute atomic E-state index is 0.0504. The summed E-state index contributed by atoms with van der Waals surface area (Å²) in [6, 6.07) is 10.00. The van der Waals surface area contributed by atoms with Gasteiger partial charge in [0.25, 0.3) is 0 Å². The van der Waals surface area contributed by atoms with Crippen molar-refractivity contribution in [3.63, 3.8) is 0 Å². The molecule has 0 amide bonds. The average molecular weight is 259 g/mol. The maximum absolute atomic E-state index is 9.17. The number of nitrogens with zero attached hydrogens (tertiary/aromatic N) is 3. The van der Waals surface area contributed by atoms with Gasteiger partial charge in [0.1, 0.15) is 5.82 Å². The van der Waals surface area contributed by atoms with Gasteiger partial charge >= 0.3 is 0 Å². The summed E-state index contributed by atoms with van der Waals surface area (Å²) in [5.74, 6) is 6.49. The summed E-state index contributed by atoms with van der Waals surface area (Å²) < 4.78 is 0. The van der Waals surface area contributed by atoms with E-state index in [0.717, 1.165) is 5.56 Å². The molecular formula is C13H17N5O. The van der Waals surface area contributed by atoms with E-state index in [2.05, 4.69) is 15.4 Å². The smallest absolute Gasteiger partial charge is 0.160 e. The van der Waals surface area contributed by atoms with Crippen LogP contribution in [0.25, 0.3) is 0 Å². The van der Waals surface area contributed by atoms with Crippen molar-refractivity contribution in [3.8, 4) is 0 Å². The number of anilines is 2. The number of rotatable bonds is 6. The van der Waals surface area contributed by atoms with Crippen LogP contribution in [0, 0.1) is 0 Å². The molecule has 0 aliphatic carbocycles. The zero-order valence-electron chi connectivity index (χ0n) is 10.5. The highest BCUT2D eigenvalue weighted by Crippen LogP contribution is 2.15. The number of aliphatic hydroxyl groups excluding tert-OH is 1. The van der Waals surface area contributed by atoms with Gasteiger partial charge in [-0.25, -0.2) is 10.8 Å². The fourth-order valence-electron chi connectivity index (χ4n) is 1.78. The quantitative estimate of drug-likeness (QED) is 0.524. The van der Waals surface area contributed by atoms with Crippen molar-refractivity contribution in [2.45, 2.75) is 6.54 Å². The predicted octanol–water partition coefficient (Wildman–Crippen LogP) is 0.761. The Hall–Kier alpha value is -2.18. The third-order valence-electron chi connectivity index (χ3n) is 2.68. The first-order chi connectivity index (χ1) is 9.33. The molecule has 0 spiro atoms. The molecule has 0 unspecified atom stereocenters. The van der Waals surface area contributed by atoms with Crippen LogP contribution in [0.4, 0.5) is 11.6 Å². The Morgan fingerprint density at radius 1 is 1.21 bits per heavy atom. The summed E-state index contributed by atoms with van der Waals surface area (Å²) in [6.07, 6.45) is 3.20. The minimum atomic E-state index is 0.0504. The van der Waals surface area contributed by atoms with Crippen molar-refractivity contribution in [2.75, 3.05) is 23.5 Å². The number of hydrogen-bond acceptors (Lipinski definition) is 6. The maximum atomic E-state index is 9.17. The van der Waals surface area contributed by atoms with Crippen LogP contribution in [0.1, 0.15) is 5.56 Å². The number of nitrogen functional groups attached to an aromatic ring is 1. The zero-order chi connectivity index (χ0) is 13.5. The second-order valence-electron chi connectivity index (χ2n) is 4.04. The molecule has 100 valence electrons. The summed E-state index contributed by atoms with van der Waals surface area (Å²) in [5.41, 5.74) is 3.61. The largest absolute Gasteiger partial charge is 0.395 e. The third kappa shape index (κ3) is 3.64. The molecule has 4 N–H and O–H groups in total. The summed E-state index contributed by atoms with van der Waals surface area (Å²) >= 11 is 0. The molecule has 6 heteroatoms. The van der Waals surface area contributed by atoms with Gasteiger partial charge < -0.3 is 15.4 Å². The van der Waals surface area contributed by atoms with E-state index in [1.807, 2.05) is 35.2 Å². The molecule has 2 aromatic rings.